The van der Waals surface area contributed by atoms with Gasteiger partial charge in [0.1, 0.15) is 0 Å². The van der Waals surface area contributed by atoms with Gasteiger partial charge in [-0.2, -0.15) is 0 Å². The second-order valence-corrected chi connectivity index (χ2v) is 8.08. The van der Waals surface area contributed by atoms with Crippen LogP contribution in [0.15, 0.2) is 35.5 Å². The highest BCUT2D eigenvalue weighted by Crippen LogP contribution is 2.27. The minimum Gasteiger partial charge on any atom is -0.346 e. The topological polar surface area (TPSA) is 76.0 Å². The molecule has 0 spiro atoms. The highest BCUT2D eigenvalue weighted by molar-refractivity contribution is 8.00. The van der Waals surface area contributed by atoms with Crippen LogP contribution in [0.5, 0.6) is 0 Å². The Balaban J connectivity index is 1.58. The SMILES string of the molecule is CC(Sc1nc2cc(Cl)ccc2n1C)C(=O)NCC(=O)Nc1ccc(F)c(F)c1F. The first kappa shape index (κ1) is 22.0. The van der Waals surface area contributed by atoms with Gasteiger partial charge in [0, 0.05) is 12.1 Å². The smallest absolute Gasteiger partial charge is 0.243 e. The van der Waals surface area contributed by atoms with Crippen LogP contribution in [0.25, 0.3) is 11.0 Å². The Kier molecular flexibility index (Phi) is 6.57. The number of halogens is 4. The maximum Gasteiger partial charge on any atom is 0.243 e. The monoisotopic (exact) mass is 456 g/mol. The van der Waals surface area contributed by atoms with Crippen LogP contribution >= 0.6 is 23.4 Å². The van der Waals surface area contributed by atoms with Crippen molar-refractivity contribution in [2.75, 3.05) is 11.9 Å². The van der Waals surface area contributed by atoms with Gasteiger partial charge in [-0.05, 0) is 37.3 Å². The molecule has 0 fully saturated rings. The third-order valence-electron chi connectivity index (χ3n) is 4.19. The van der Waals surface area contributed by atoms with E-state index in [0.29, 0.717) is 21.8 Å². The van der Waals surface area contributed by atoms with Gasteiger partial charge in [-0.15, -0.1) is 0 Å². The van der Waals surface area contributed by atoms with E-state index in [4.69, 9.17) is 11.6 Å². The lowest BCUT2D eigenvalue weighted by molar-refractivity contribution is -0.123. The number of carbonyl (C=O) groups excluding carboxylic acids is 2. The van der Waals surface area contributed by atoms with E-state index >= 15 is 0 Å². The van der Waals surface area contributed by atoms with Crippen LogP contribution in [0.4, 0.5) is 18.9 Å². The van der Waals surface area contributed by atoms with Crippen LogP contribution in [0.1, 0.15) is 6.92 Å². The number of hydrogen-bond donors (Lipinski definition) is 2. The van der Waals surface area contributed by atoms with Crippen molar-refractivity contribution in [3.05, 3.63) is 52.8 Å². The van der Waals surface area contributed by atoms with E-state index < -0.39 is 46.7 Å². The number of rotatable bonds is 6. The summed E-state index contributed by atoms with van der Waals surface area (Å²) in [5.41, 5.74) is 1.02. The molecule has 3 rings (SSSR count). The van der Waals surface area contributed by atoms with Crippen molar-refractivity contribution < 1.29 is 22.8 Å². The molecule has 1 atom stereocenters. The summed E-state index contributed by atoms with van der Waals surface area (Å²) in [5.74, 6) is -5.81. The maximum absolute atomic E-state index is 13.6. The normalized spacial score (nSPS) is 12.1. The van der Waals surface area contributed by atoms with E-state index in [1.165, 1.54) is 11.8 Å². The number of carbonyl (C=O) groups is 2. The van der Waals surface area contributed by atoms with Crippen LogP contribution < -0.4 is 10.6 Å². The molecule has 2 N–H and O–H groups in total. The van der Waals surface area contributed by atoms with Crippen molar-refractivity contribution in [3.63, 3.8) is 0 Å². The number of benzene rings is 2. The molecule has 0 aliphatic heterocycles. The van der Waals surface area contributed by atoms with Gasteiger partial charge in [-0.1, -0.05) is 23.4 Å². The van der Waals surface area contributed by atoms with E-state index in [1.54, 1.807) is 26.1 Å². The van der Waals surface area contributed by atoms with Crippen LogP contribution in [0, 0.1) is 17.5 Å². The van der Waals surface area contributed by atoms with Crippen molar-refractivity contribution in [2.24, 2.45) is 7.05 Å². The molecule has 30 heavy (non-hydrogen) atoms. The quantitative estimate of drug-likeness (QED) is 0.436. The predicted octanol–water partition coefficient (Wildman–Crippen LogP) is 3.88. The Labute approximate surface area is 178 Å². The van der Waals surface area contributed by atoms with Gasteiger partial charge in [0.05, 0.1) is 28.5 Å². The number of anilines is 1. The number of imidazole rings is 1. The summed E-state index contributed by atoms with van der Waals surface area (Å²) in [5, 5.41) is 5.03. The number of aromatic nitrogens is 2. The number of nitrogens with one attached hydrogen (secondary N) is 2. The predicted molar refractivity (Wildman–Crippen MR) is 109 cm³/mol. The summed E-state index contributed by atoms with van der Waals surface area (Å²) < 4.78 is 41.6. The Morgan fingerprint density at radius 3 is 2.67 bits per heavy atom. The number of aryl methyl sites for hydroxylation is 1. The first-order valence-electron chi connectivity index (χ1n) is 8.67. The zero-order valence-corrected chi connectivity index (χ0v) is 17.4. The number of hydrogen-bond acceptors (Lipinski definition) is 4. The molecule has 2 amide bonds. The largest absolute Gasteiger partial charge is 0.346 e. The van der Waals surface area contributed by atoms with Gasteiger partial charge in [0.25, 0.3) is 0 Å². The van der Waals surface area contributed by atoms with E-state index in [0.717, 1.165) is 11.6 Å². The molecule has 0 saturated heterocycles. The average molecular weight is 457 g/mol. The molecular formula is C19H16ClF3N4O2S. The summed E-state index contributed by atoms with van der Waals surface area (Å²) in [4.78, 5) is 28.6. The summed E-state index contributed by atoms with van der Waals surface area (Å²) in [6.07, 6.45) is 0. The second-order valence-electron chi connectivity index (χ2n) is 6.34. The first-order chi connectivity index (χ1) is 14.2. The molecule has 1 heterocycles. The molecule has 6 nitrogen and oxygen atoms in total. The molecule has 3 aromatic rings. The summed E-state index contributed by atoms with van der Waals surface area (Å²) in [6, 6.07) is 6.86. The van der Waals surface area contributed by atoms with Gasteiger partial charge >= 0.3 is 0 Å². The van der Waals surface area contributed by atoms with E-state index in [1.807, 2.05) is 10.6 Å². The van der Waals surface area contributed by atoms with Crippen molar-refractivity contribution in [1.29, 1.82) is 0 Å². The van der Waals surface area contributed by atoms with Crippen molar-refractivity contribution in [2.45, 2.75) is 17.3 Å². The molecule has 1 aromatic heterocycles. The molecule has 0 radical (unpaired) electrons. The van der Waals surface area contributed by atoms with E-state index in [-0.39, 0.29) is 0 Å². The van der Waals surface area contributed by atoms with Crippen LogP contribution in [0.3, 0.4) is 0 Å². The lowest BCUT2D eigenvalue weighted by atomic mass is 10.2. The second kappa shape index (κ2) is 8.97. The minimum atomic E-state index is -1.69. The number of amides is 2. The molecule has 0 aliphatic carbocycles. The Morgan fingerprint density at radius 1 is 1.20 bits per heavy atom. The minimum absolute atomic E-state index is 0.453. The van der Waals surface area contributed by atoms with Gasteiger partial charge in [-0.3, -0.25) is 9.59 Å². The molecule has 1 unspecified atom stereocenters. The molecule has 0 bridgehead atoms. The van der Waals surface area contributed by atoms with E-state index in [2.05, 4.69) is 15.6 Å². The lowest BCUT2D eigenvalue weighted by Gasteiger charge is -2.12. The fraction of sp³-hybridized carbons (Fsp3) is 0.211. The van der Waals surface area contributed by atoms with Crippen LogP contribution in [-0.4, -0.2) is 33.2 Å². The van der Waals surface area contributed by atoms with Crippen molar-refractivity contribution >= 4 is 51.9 Å². The van der Waals surface area contributed by atoms with Crippen molar-refractivity contribution in [1.82, 2.24) is 14.9 Å². The number of fused-ring (bicyclic) bond motifs is 1. The molecule has 158 valence electrons. The highest BCUT2D eigenvalue weighted by atomic mass is 35.5. The van der Waals surface area contributed by atoms with Crippen molar-refractivity contribution in [3.8, 4) is 0 Å². The zero-order chi connectivity index (χ0) is 22.0. The fourth-order valence-electron chi connectivity index (χ4n) is 2.60. The van der Waals surface area contributed by atoms with Gasteiger partial charge < -0.3 is 15.2 Å². The third-order valence-corrected chi connectivity index (χ3v) is 5.56. The third kappa shape index (κ3) is 4.71. The lowest BCUT2D eigenvalue weighted by Crippen LogP contribution is -2.37. The highest BCUT2D eigenvalue weighted by Gasteiger charge is 2.20. The summed E-state index contributed by atoms with van der Waals surface area (Å²) >= 11 is 7.16. The number of nitrogens with zero attached hydrogens (tertiary/aromatic N) is 2. The molecule has 0 saturated carbocycles. The number of thioether (sulfide) groups is 1. The maximum atomic E-state index is 13.6. The van der Waals surface area contributed by atoms with Gasteiger partial charge in [0.2, 0.25) is 11.8 Å². The van der Waals surface area contributed by atoms with Crippen LogP contribution in [0.2, 0.25) is 5.02 Å². The van der Waals surface area contributed by atoms with Gasteiger partial charge in [-0.25, -0.2) is 18.2 Å². The van der Waals surface area contributed by atoms with Gasteiger partial charge in [0.15, 0.2) is 22.6 Å². The van der Waals surface area contributed by atoms with Crippen LogP contribution in [-0.2, 0) is 16.6 Å². The Bertz CT molecular complexity index is 1140. The standard InChI is InChI=1S/C19H16ClF3N4O2S/c1-9(30-19-26-13-7-10(20)3-6-14(13)27(19)2)18(29)24-8-15(28)25-12-5-4-11(21)16(22)17(12)23/h3-7,9H,8H2,1-2H3,(H,24,29)(H,25,28). The Morgan fingerprint density at radius 2 is 1.93 bits per heavy atom. The summed E-state index contributed by atoms with van der Waals surface area (Å²) in [7, 11) is 1.81. The average Bonchev–Trinajstić information content (AvgIpc) is 3.01. The first-order valence-corrected chi connectivity index (χ1v) is 9.93. The molecule has 0 aliphatic rings. The summed E-state index contributed by atoms with van der Waals surface area (Å²) in [6.45, 7) is 1.17. The Hall–Kier alpha value is -2.72. The molecular weight excluding hydrogens is 441 g/mol. The van der Waals surface area contributed by atoms with E-state index in [9.17, 15) is 22.8 Å². The molecule has 11 heteroatoms. The zero-order valence-electron chi connectivity index (χ0n) is 15.8. The molecule has 2 aromatic carbocycles. The fourth-order valence-corrected chi connectivity index (χ4v) is 3.68.